The first kappa shape index (κ1) is 26.1. The molecule has 0 aliphatic carbocycles. The van der Waals surface area contributed by atoms with Crippen molar-refractivity contribution in [3.05, 3.63) is 58.3 Å². The van der Waals surface area contributed by atoms with Crippen LogP contribution in [0.15, 0.2) is 51.8 Å². The molecule has 0 unspecified atom stereocenters. The summed E-state index contributed by atoms with van der Waals surface area (Å²) in [6.07, 6.45) is -6.78. The van der Waals surface area contributed by atoms with Crippen LogP contribution in [0.2, 0.25) is 0 Å². The van der Waals surface area contributed by atoms with Gasteiger partial charge in [0.1, 0.15) is 5.82 Å². The Labute approximate surface area is 190 Å². The SMILES string of the molecule is CC(C)(C[C@H](O)CN(c1cc(Br)ccc1F)S(=O)(=O)c1cccc(C(F)(F)F)c1)C(=O)O. The molecular weight excluding hydrogens is 522 g/mol. The predicted octanol–water partition coefficient (Wildman–Crippen LogP) is 4.66. The Kier molecular flexibility index (Phi) is 7.63. The third-order valence-corrected chi connectivity index (χ3v) is 6.90. The minimum atomic E-state index is -4.82. The number of sulfonamides is 1. The molecule has 2 N–H and O–H groups in total. The van der Waals surface area contributed by atoms with Crippen molar-refractivity contribution < 1.29 is 41.0 Å². The van der Waals surface area contributed by atoms with E-state index in [0.29, 0.717) is 16.4 Å². The van der Waals surface area contributed by atoms with E-state index in [4.69, 9.17) is 0 Å². The molecule has 0 fully saturated rings. The van der Waals surface area contributed by atoms with Crippen molar-refractivity contribution in [3.63, 3.8) is 0 Å². The maximum absolute atomic E-state index is 14.6. The van der Waals surface area contributed by atoms with Crippen molar-refractivity contribution >= 4 is 37.6 Å². The van der Waals surface area contributed by atoms with Crippen molar-refractivity contribution in [2.24, 2.45) is 5.41 Å². The van der Waals surface area contributed by atoms with Crippen LogP contribution in [0.5, 0.6) is 0 Å². The van der Waals surface area contributed by atoms with E-state index in [2.05, 4.69) is 15.9 Å². The Hall–Kier alpha value is -2.18. The highest BCUT2D eigenvalue weighted by Crippen LogP contribution is 2.34. The highest BCUT2D eigenvalue weighted by atomic mass is 79.9. The topological polar surface area (TPSA) is 94.9 Å². The second-order valence-electron chi connectivity index (χ2n) is 7.70. The number of aliphatic carboxylic acids is 1. The summed E-state index contributed by atoms with van der Waals surface area (Å²) in [5.41, 5.74) is -3.19. The lowest BCUT2D eigenvalue weighted by atomic mass is 9.87. The maximum atomic E-state index is 14.6. The van der Waals surface area contributed by atoms with E-state index in [1.165, 1.54) is 19.9 Å². The fourth-order valence-corrected chi connectivity index (χ4v) is 4.79. The van der Waals surface area contributed by atoms with Crippen LogP contribution in [0, 0.1) is 11.2 Å². The molecule has 0 aromatic heterocycles. The molecule has 0 amide bonds. The van der Waals surface area contributed by atoms with Crippen molar-refractivity contribution in [1.29, 1.82) is 0 Å². The number of hydrogen-bond donors (Lipinski definition) is 2. The number of nitrogens with zero attached hydrogens (tertiary/aromatic N) is 1. The van der Waals surface area contributed by atoms with Crippen LogP contribution in [0.4, 0.5) is 23.2 Å². The predicted molar refractivity (Wildman–Crippen MR) is 112 cm³/mol. The molecule has 2 rings (SSSR count). The first-order valence-electron chi connectivity index (χ1n) is 9.12. The van der Waals surface area contributed by atoms with E-state index in [1.54, 1.807) is 0 Å². The van der Waals surface area contributed by atoms with Crippen molar-refractivity contribution in [2.45, 2.75) is 37.4 Å². The summed E-state index contributed by atoms with van der Waals surface area (Å²) in [6, 6.07) is 6.24. The molecule has 2 aromatic rings. The van der Waals surface area contributed by atoms with E-state index in [0.717, 1.165) is 24.3 Å². The van der Waals surface area contributed by atoms with Gasteiger partial charge < -0.3 is 10.2 Å². The average Bonchev–Trinajstić information content (AvgIpc) is 2.67. The Morgan fingerprint density at radius 2 is 1.78 bits per heavy atom. The molecular formula is C20H20BrF4NO5S. The van der Waals surface area contributed by atoms with Gasteiger partial charge in [0.25, 0.3) is 10.0 Å². The van der Waals surface area contributed by atoms with E-state index in [1.807, 2.05) is 0 Å². The Bertz CT molecular complexity index is 1110. The van der Waals surface area contributed by atoms with Crippen LogP contribution in [-0.4, -0.2) is 37.2 Å². The minimum Gasteiger partial charge on any atom is -0.481 e. The summed E-state index contributed by atoms with van der Waals surface area (Å²) in [5.74, 6) is -2.26. The zero-order valence-corrected chi connectivity index (χ0v) is 19.3. The molecule has 0 aliphatic heterocycles. The number of carbonyl (C=O) groups is 1. The van der Waals surface area contributed by atoms with Gasteiger partial charge in [0, 0.05) is 4.47 Å². The van der Waals surface area contributed by atoms with Crippen LogP contribution in [0.25, 0.3) is 0 Å². The van der Waals surface area contributed by atoms with Crippen LogP contribution < -0.4 is 4.31 Å². The Morgan fingerprint density at radius 3 is 2.34 bits per heavy atom. The van der Waals surface area contributed by atoms with Gasteiger partial charge in [-0.25, -0.2) is 12.8 Å². The molecule has 2 aromatic carbocycles. The maximum Gasteiger partial charge on any atom is 0.416 e. The van der Waals surface area contributed by atoms with E-state index in [-0.39, 0.29) is 4.47 Å². The molecule has 0 spiro atoms. The van der Waals surface area contributed by atoms with Gasteiger partial charge in [-0.2, -0.15) is 13.2 Å². The zero-order valence-electron chi connectivity index (χ0n) is 16.9. The molecule has 0 bridgehead atoms. The fraction of sp³-hybridized carbons (Fsp3) is 0.350. The normalized spacial score (nSPS) is 13.6. The average molecular weight is 542 g/mol. The quantitative estimate of drug-likeness (QED) is 0.474. The van der Waals surface area contributed by atoms with E-state index < -0.39 is 68.6 Å². The molecule has 0 saturated heterocycles. The van der Waals surface area contributed by atoms with Crippen LogP contribution >= 0.6 is 15.9 Å². The summed E-state index contributed by atoms with van der Waals surface area (Å²) in [4.78, 5) is 10.6. The molecule has 0 heterocycles. The second kappa shape index (κ2) is 9.36. The number of anilines is 1. The summed E-state index contributed by atoms with van der Waals surface area (Å²) in [7, 11) is -4.78. The lowest BCUT2D eigenvalue weighted by Crippen LogP contribution is -2.41. The zero-order chi connectivity index (χ0) is 24.5. The van der Waals surface area contributed by atoms with Crippen molar-refractivity contribution in [2.75, 3.05) is 10.8 Å². The molecule has 32 heavy (non-hydrogen) atoms. The Morgan fingerprint density at radius 1 is 1.16 bits per heavy atom. The number of halogens is 5. The van der Waals surface area contributed by atoms with Gasteiger partial charge in [-0.1, -0.05) is 22.0 Å². The molecule has 6 nitrogen and oxygen atoms in total. The molecule has 1 atom stereocenters. The summed E-state index contributed by atoms with van der Waals surface area (Å²) >= 11 is 3.08. The summed E-state index contributed by atoms with van der Waals surface area (Å²) < 4.78 is 81.1. The highest BCUT2D eigenvalue weighted by molar-refractivity contribution is 9.10. The summed E-state index contributed by atoms with van der Waals surface area (Å²) in [6.45, 7) is 1.83. The summed E-state index contributed by atoms with van der Waals surface area (Å²) in [5, 5.41) is 19.7. The number of hydrogen-bond acceptors (Lipinski definition) is 4. The number of alkyl halides is 3. The van der Waals surface area contributed by atoms with Gasteiger partial charge in [-0.3, -0.25) is 9.10 Å². The van der Waals surface area contributed by atoms with Crippen molar-refractivity contribution in [3.8, 4) is 0 Å². The highest BCUT2D eigenvalue weighted by Gasteiger charge is 2.36. The first-order chi connectivity index (χ1) is 14.6. The van der Waals surface area contributed by atoms with Gasteiger partial charge in [0.15, 0.2) is 0 Å². The van der Waals surface area contributed by atoms with Crippen molar-refractivity contribution in [1.82, 2.24) is 0 Å². The monoisotopic (exact) mass is 541 g/mol. The number of rotatable bonds is 8. The second-order valence-corrected chi connectivity index (χ2v) is 10.5. The van der Waals surface area contributed by atoms with Gasteiger partial charge in [-0.15, -0.1) is 0 Å². The molecule has 176 valence electrons. The number of aliphatic hydroxyl groups excluding tert-OH is 1. The third kappa shape index (κ3) is 5.99. The Balaban J connectivity index is 2.58. The van der Waals surface area contributed by atoms with E-state index in [9.17, 15) is 41.0 Å². The number of carboxylic acid groups (broad SMARTS) is 1. The van der Waals surface area contributed by atoms with Gasteiger partial charge in [0.05, 0.1) is 34.2 Å². The lowest BCUT2D eigenvalue weighted by Gasteiger charge is -2.30. The number of aliphatic hydroxyl groups is 1. The molecule has 0 saturated carbocycles. The van der Waals surface area contributed by atoms with Crippen LogP contribution in [0.3, 0.4) is 0 Å². The van der Waals surface area contributed by atoms with Gasteiger partial charge >= 0.3 is 12.1 Å². The molecule has 0 aliphatic rings. The van der Waals surface area contributed by atoms with Gasteiger partial charge in [0.2, 0.25) is 0 Å². The minimum absolute atomic E-state index is 0.276. The standard InChI is InChI=1S/C20H20BrF4NO5S/c1-19(2,18(28)29)10-14(27)11-26(17-9-13(21)6-7-16(17)22)32(30,31)15-5-3-4-12(8-15)20(23,24)25/h3-9,14,27H,10-11H2,1-2H3,(H,28,29)/t14-/m0/s1. The first-order valence-corrected chi connectivity index (χ1v) is 11.4. The lowest BCUT2D eigenvalue weighted by molar-refractivity contribution is -0.148. The van der Waals surface area contributed by atoms with Crippen LogP contribution in [0.1, 0.15) is 25.8 Å². The molecule has 12 heteroatoms. The third-order valence-electron chi connectivity index (χ3n) is 4.63. The van der Waals surface area contributed by atoms with E-state index >= 15 is 0 Å². The number of benzene rings is 2. The smallest absolute Gasteiger partial charge is 0.416 e. The van der Waals surface area contributed by atoms with Crippen LogP contribution in [-0.2, 0) is 21.0 Å². The molecule has 0 radical (unpaired) electrons. The fourth-order valence-electron chi connectivity index (χ4n) is 2.90. The van der Waals surface area contributed by atoms with Gasteiger partial charge in [-0.05, 0) is 56.7 Å². The number of carboxylic acids is 1. The largest absolute Gasteiger partial charge is 0.481 e.